The Labute approximate surface area is 181 Å². The Morgan fingerprint density at radius 1 is 1.10 bits per heavy atom. The maximum Gasteiger partial charge on any atom is 0.262 e. The first-order valence-corrected chi connectivity index (χ1v) is 10.5. The van der Waals surface area contributed by atoms with Gasteiger partial charge >= 0.3 is 0 Å². The van der Waals surface area contributed by atoms with E-state index >= 15 is 0 Å². The molecule has 1 aliphatic heterocycles. The van der Waals surface area contributed by atoms with E-state index < -0.39 is 0 Å². The summed E-state index contributed by atoms with van der Waals surface area (Å²) in [6, 6.07) is 18.7. The smallest absolute Gasteiger partial charge is 0.262 e. The largest absolute Gasteiger partial charge is 0.484 e. The highest BCUT2D eigenvalue weighted by Gasteiger charge is 2.25. The number of benzene rings is 2. The van der Waals surface area contributed by atoms with Crippen LogP contribution < -0.4 is 10.1 Å². The zero-order valence-corrected chi connectivity index (χ0v) is 17.8. The van der Waals surface area contributed by atoms with Gasteiger partial charge in [0.2, 0.25) is 5.91 Å². The van der Waals surface area contributed by atoms with Crippen LogP contribution in [0.25, 0.3) is 11.3 Å². The van der Waals surface area contributed by atoms with Crippen LogP contribution in [0.15, 0.2) is 65.1 Å². The van der Waals surface area contributed by atoms with Crippen LogP contribution in [0, 0.1) is 5.92 Å². The van der Waals surface area contributed by atoms with E-state index in [1.165, 1.54) is 0 Å². The van der Waals surface area contributed by atoms with Gasteiger partial charge in [-0.25, -0.2) is 0 Å². The molecule has 160 valence electrons. The van der Waals surface area contributed by atoms with Crippen LogP contribution in [0.2, 0.25) is 0 Å². The molecule has 4 rings (SSSR count). The lowest BCUT2D eigenvalue weighted by atomic mass is 10.1. The minimum Gasteiger partial charge on any atom is -0.484 e. The minimum atomic E-state index is -0.234. The molecule has 3 aromatic rings. The third-order valence-electron chi connectivity index (χ3n) is 5.22. The molecule has 1 aliphatic rings. The Morgan fingerprint density at radius 2 is 1.90 bits per heavy atom. The number of carbonyl (C=O) groups is 2. The van der Waals surface area contributed by atoms with E-state index in [0.717, 1.165) is 22.6 Å². The van der Waals surface area contributed by atoms with E-state index in [1.54, 1.807) is 0 Å². The van der Waals surface area contributed by atoms with E-state index in [4.69, 9.17) is 9.15 Å². The molecular weight excluding hydrogens is 392 g/mol. The summed E-state index contributed by atoms with van der Waals surface area (Å²) in [6.07, 6.45) is 0.709. The van der Waals surface area contributed by atoms with Crippen LogP contribution in [0.4, 0.5) is 5.69 Å². The number of fused-ring (bicyclic) bond motifs is 1. The molecule has 2 amide bonds. The summed E-state index contributed by atoms with van der Waals surface area (Å²) in [4.78, 5) is 26.5. The van der Waals surface area contributed by atoms with Gasteiger partial charge in [0.05, 0.1) is 0 Å². The maximum atomic E-state index is 12.3. The number of para-hydroxylation sites is 1. The Bertz CT molecular complexity index is 1070. The van der Waals surface area contributed by atoms with E-state index in [0.29, 0.717) is 30.9 Å². The van der Waals surface area contributed by atoms with Gasteiger partial charge in [-0.2, -0.15) is 0 Å². The first-order chi connectivity index (χ1) is 15.0. The van der Waals surface area contributed by atoms with Crippen LogP contribution in [-0.4, -0.2) is 29.9 Å². The molecule has 6 heteroatoms. The molecule has 0 radical (unpaired) electrons. The number of hydrogen-bond acceptors (Lipinski definition) is 4. The standard InChI is InChI=1S/C25H26N2O4/c1-17(2)25(29)27-12-11-22-19(15-27)14-23(31-22)18-7-6-8-20(13-18)26-24(28)16-30-21-9-4-3-5-10-21/h3-10,13-14,17H,11-12,15-16H2,1-2H3,(H,26,28). The van der Waals surface area contributed by atoms with Gasteiger partial charge in [0.25, 0.3) is 5.91 Å². The summed E-state index contributed by atoms with van der Waals surface area (Å²) < 4.78 is 11.6. The Morgan fingerprint density at radius 3 is 2.68 bits per heavy atom. The summed E-state index contributed by atoms with van der Waals surface area (Å²) in [7, 11) is 0. The fourth-order valence-corrected chi connectivity index (χ4v) is 3.64. The molecule has 0 atom stereocenters. The van der Waals surface area contributed by atoms with Gasteiger partial charge < -0.3 is 19.4 Å². The second kappa shape index (κ2) is 9.08. The predicted molar refractivity (Wildman–Crippen MR) is 119 cm³/mol. The second-order valence-electron chi connectivity index (χ2n) is 7.95. The van der Waals surface area contributed by atoms with E-state index in [1.807, 2.05) is 79.4 Å². The van der Waals surface area contributed by atoms with Crippen molar-refractivity contribution in [3.05, 3.63) is 72.0 Å². The van der Waals surface area contributed by atoms with Crippen molar-refractivity contribution in [1.82, 2.24) is 4.90 Å². The van der Waals surface area contributed by atoms with Gasteiger partial charge in [-0.3, -0.25) is 9.59 Å². The summed E-state index contributed by atoms with van der Waals surface area (Å²) >= 11 is 0. The molecule has 0 bridgehead atoms. The Hall–Kier alpha value is -3.54. The number of anilines is 1. The molecular formula is C25H26N2O4. The van der Waals surface area contributed by atoms with Crippen LogP contribution in [0.1, 0.15) is 25.2 Å². The van der Waals surface area contributed by atoms with Crippen LogP contribution in [0.5, 0.6) is 5.75 Å². The van der Waals surface area contributed by atoms with Gasteiger partial charge in [0.1, 0.15) is 17.3 Å². The van der Waals surface area contributed by atoms with Crippen molar-refractivity contribution >= 4 is 17.5 Å². The number of nitrogens with one attached hydrogen (secondary N) is 1. The van der Waals surface area contributed by atoms with E-state index in [2.05, 4.69) is 5.32 Å². The molecule has 0 fully saturated rings. The Balaban J connectivity index is 1.42. The third-order valence-corrected chi connectivity index (χ3v) is 5.22. The molecule has 0 unspecified atom stereocenters. The maximum absolute atomic E-state index is 12.3. The number of rotatable bonds is 6. The van der Waals surface area contributed by atoms with Crippen molar-refractivity contribution < 1.29 is 18.7 Å². The summed E-state index contributed by atoms with van der Waals surface area (Å²) in [5.41, 5.74) is 2.59. The van der Waals surface area contributed by atoms with Crippen LogP contribution in [-0.2, 0) is 22.6 Å². The summed E-state index contributed by atoms with van der Waals surface area (Å²) in [5, 5.41) is 2.86. The average Bonchev–Trinajstić information content (AvgIpc) is 3.21. The van der Waals surface area contributed by atoms with Crippen molar-refractivity contribution in [2.75, 3.05) is 18.5 Å². The van der Waals surface area contributed by atoms with Crippen LogP contribution in [0.3, 0.4) is 0 Å². The molecule has 1 N–H and O–H groups in total. The monoisotopic (exact) mass is 418 g/mol. The average molecular weight is 418 g/mol. The van der Waals surface area contributed by atoms with E-state index in [9.17, 15) is 9.59 Å². The quantitative estimate of drug-likeness (QED) is 0.640. The fourth-order valence-electron chi connectivity index (χ4n) is 3.64. The highest BCUT2D eigenvalue weighted by atomic mass is 16.5. The van der Waals surface area contributed by atoms with Gasteiger partial charge in [0.15, 0.2) is 6.61 Å². The van der Waals surface area contributed by atoms with Crippen molar-refractivity contribution in [3.63, 3.8) is 0 Å². The molecule has 2 aromatic carbocycles. The third kappa shape index (κ3) is 4.97. The molecule has 0 saturated carbocycles. The fraction of sp³-hybridized carbons (Fsp3) is 0.280. The molecule has 0 saturated heterocycles. The lowest BCUT2D eigenvalue weighted by molar-refractivity contribution is -0.135. The van der Waals surface area contributed by atoms with Crippen LogP contribution >= 0.6 is 0 Å². The Kier molecular flexibility index (Phi) is 6.07. The number of amides is 2. The van der Waals surface area contributed by atoms with Gasteiger partial charge in [-0.1, -0.05) is 44.2 Å². The molecule has 1 aromatic heterocycles. The SMILES string of the molecule is CC(C)C(=O)N1CCc2oc(-c3cccc(NC(=O)COc4ccccc4)c3)cc2C1. The minimum absolute atomic E-state index is 0.0147. The molecule has 0 aliphatic carbocycles. The number of furan rings is 1. The molecule has 2 heterocycles. The van der Waals surface area contributed by atoms with Gasteiger partial charge in [0, 0.05) is 42.2 Å². The number of nitrogens with zero attached hydrogens (tertiary/aromatic N) is 1. The van der Waals surface area contributed by atoms with Gasteiger partial charge in [-0.15, -0.1) is 0 Å². The van der Waals surface area contributed by atoms with Crippen molar-refractivity contribution in [2.24, 2.45) is 5.92 Å². The lowest BCUT2D eigenvalue weighted by Crippen LogP contribution is -2.37. The number of hydrogen-bond donors (Lipinski definition) is 1. The second-order valence-corrected chi connectivity index (χ2v) is 7.95. The lowest BCUT2D eigenvalue weighted by Gasteiger charge is -2.27. The number of carbonyl (C=O) groups excluding carboxylic acids is 2. The first kappa shape index (κ1) is 20.7. The zero-order chi connectivity index (χ0) is 21.8. The molecule has 0 spiro atoms. The highest BCUT2D eigenvalue weighted by molar-refractivity contribution is 5.92. The van der Waals surface area contributed by atoms with Gasteiger partial charge in [-0.05, 0) is 30.3 Å². The highest BCUT2D eigenvalue weighted by Crippen LogP contribution is 2.31. The first-order valence-electron chi connectivity index (χ1n) is 10.5. The normalized spacial score (nSPS) is 13.1. The molecule has 31 heavy (non-hydrogen) atoms. The topological polar surface area (TPSA) is 71.8 Å². The van der Waals surface area contributed by atoms with Crippen molar-refractivity contribution in [2.45, 2.75) is 26.8 Å². The zero-order valence-electron chi connectivity index (χ0n) is 17.8. The van der Waals surface area contributed by atoms with Crippen molar-refractivity contribution in [1.29, 1.82) is 0 Å². The summed E-state index contributed by atoms with van der Waals surface area (Å²) in [5.74, 6) is 2.23. The van der Waals surface area contributed by atoms with E-state index in [-0.39, 0.29) is 24.3 Å². The van der Waals surface area contributed by atoms with Crippen molar-refractivity contribution in [3.8, 4) is 17.1 Å². The number of ether oxygens (including phenoxy) is 1. The summed E-state index contributed by atoms with van der Waals surface area (Å²) in [6.45, 7) is 5.02. The molecule has 6 nitrogen and oxygen atoms in total. The predicted octanol–water partition coefficient (Wildman–Crippen LogP) is 4.50.